The van der Waals surface area contributed by atoms with Crippen molar-refractivity contribution < 1.29 is 15.0 Å². The number of phenols is 2. The van der Waals surface area contributed by atoms with Gasteiger partial charge >= 0.3 is 6.03 Å². The van der Waals surface area contributed by atoms with E-state index in [1.807, 2.05) is 31.2 Å². The number of urea groups is 1. The van der Waals surface area contributed by atoms with Crippen molar-refractivity contribution in [1.82, 2.24) is 19.7 Å². The van der Waals surface area contributed by atoms with Crippen LogP contribution in [0.25, 0.3) is 28.0 Å². The second-order valence-corrected chi connectivity index (χ2v) is 6.24. The molecule has 28 heavy (non-hydrogen) atoms. The summed E-state index contributed by atoms with van der Waals surface area (Å²) in [5, 5.41) is 32.0. The molecule has 2 aromatic carbocycles. The number of nitrogens with zero attached hydrogens (tertiary/aromatic N) is 3. The molecule has 0 aliphatic carbocycles. The Morgan fingerprint density at radius 3 is 2.79 bits per heavy atom. The highest BCUT2D eigenvalue weighted by Gasteiger charge is 2.22. The Hall–Kier alpha value is -4.01. The number of fused-ring (bicyclic) bond motifs is 1. The topological polar surface area (TPSA) is 142 Å². The third-order valence-corrected chi connectivity index (χ3v) is 4.53. The minimum absolute atomic E-state index is 0.00182. The Morgan fingerprint density at radius 2 is 2.04 bits per heavy atom. The maximum absolute atomic E-state index is 11.5. The van der Waals surface area contributed by atoms with Gasteiger partial charge in [-0.25, -0.2) is 4.79 Å². The van der Waals surface area contributed by atoms with Crippen LogP contribution >= 0.6 is 0 Å². The Balaban J connectivity index is 2.02. The molecule has 0 unspecified atom stereocenters. The molecule has 0 bridgehead atoms. The van der Waals surface area contributed by atoms with Crippen molar-refractivity contribution in [3.05, 3.63) is 48.2 Å². The zero-order chi connectivity index (χ0) is 19.8. The van der Waals surface area contributed by atoms with Crippen LogP contribution in [-0.4, -0.2) is 36.0 Å². The number of aromatic nitrogens is 4. The standard InChI is InChI=1S/C19H18N6O3/c1-2-10-8-12(16(27)9-15(10)26)17-23-24-19(22-18(20)28)25(17)14-5-3-4-13-11(14)6-7-21-13/h3-9,21,26-27H,2H2,1H3,(H3,20,22,24,28). The van der Waals surface area contributed by atoms with Crippen molar-refractivity contribution in [3.8, 4) is 28.6 Å². The molecule has 0 aliphatic rings. The molecule has 0 atom stereocenters. The maximum atomic E-state index is 11.5. The number of aromatic amines is 1. The maximum Gasteiger partial charge on any atom is 0.319 e. The molecule has 142 valence electrons. The second-order valence-electron chi connectivity index (χ2n) is 6.24. The van der Waals surface area contributed by atoms with E-state index < -0.39 is 6.03 Å². The molecule has 9 nitrogen and oxygen atoms in total. The molecule has 0 fully saturated rings. The molecule has 0 saturated heterocycles. The van der Waals surface area contributed by atoms with Crippen molar-refractivity contribution in [1.29, 1.82) is 0 Å². The Bertz CT molecular complexity index is 1190. The fourth-order valence-electron chi connectivity index (χ4n) is 3.23. The third-order valence-electron chi connectivity index (χ3n) is 4.53. The number of carbonyl (C=O) groups is 1. The molecule has 0 aliphatic heterocycles. The van der Waals surface area contributed by atoms with Gasteiger partial charge in [-0.15, -0.1) is 10.2 Å². The predicted octanol–water partition coefficient (Wildman–Crippen LogP) is 2.88. The summed E-state index contributed by atoms with van der Waals surface area (Å²) in [5.41, 5.74) is 7.87. The van der Waals surface area contributed by atoms with E-state index in [2.05, 4.69) is 20.5 Å². The van der Waals surface area contributed by atoms with Gasteiger partial charge in [-0.3, -0.25) is 9.88 Å². The highest BCUT2D eigenvalue weighted by Crippen LogP contribution is 2.37. The van der Waals surface area contributed by atoms with Crippen molar-refractivity contribution in [2.75, 3.05) is 5.32 Å². The first-order valence-corrected chi connectivity index (χ1v) is 8.63. The summed E-state index contributed by atoms with van der Waals surface area (Å²) in [6.45, 7) is 1.89. The van der Waals surface area contributed by atoms with E-state index in [9.17, 15) is 15.0 Å². The van der Waals surface area contributed by atoms with Gasteiger partial charge in [-0.2, -0.15) is 0 Å². The molecular weight excluding hydrogens is 360 g/mol. The number of H-pyrrole nitrogens is 1. The number of rotatable bonds is 4. The number of carbonyl (C=O) groups excluding carboxylic acids is 1. The summed E-state index contributed by atoms with van der Waals surface area (Å²) in [6.07, 6.45) is 2.36. The number of hydrogen-bond acceptors (Lipinski definition) is 5. The molecule has 9 heteroatoms. The molecule has 0 saturated carbocycles. The van der Waals surface area contributed by atoms with Crippen molar-refractivity contribution >= 4 is 22.9 Å². The predicted molar refractivity (Wildman–Crippen MR) is 105 cm³/mol. The number of aryl methyl sites for hydroxylation is 1. The van der Waals surface area contributed by atoms with Gasteiger partial charge in [-0.05, 0) is 36.2 Å². The van der Waals surface area contributed by atoms with Gasteiger partial charge in [-0.1, -0.05) is 13.0 Å². The first-order chi connectivity index (χ1) is 13.5. The lowest BCUT2D eigenvalue weighted by atomic mass is 10.1. The van der Waals surface area contributed by atoms with Gasteiger partial charge < -0.3 is 20.9 Å². The lowest BCUT2D eigenvalue weighted by Crippen LogP contribution is -2.22. The van der Waals surface area contributed by atoms with Crippen molar-refractivity contribution in [2.45, 2.75) is 13.3 Å². The van der Waals surface area contributed by atoms with Gasteiger partial charge in [0.1, 0.15) is 11.5 Å². The molecular formula is C19H18N6O3. The summed E-state index contributed by atoms with van der Waals surface area (Å²) in [4.78, 5) is 14.6. The minimum atomic E-state index is -0.786. The second kappa shape index (κ2) is 6.62. The monoisotopic (exact) mass is 378 g/mol. The number of benzene rings is 2. The summed E-state index contributed by atoms with van der Waals surface area (Å²) < 4.78 is 1.60. The molecule has 6 N–H and O–H groups in total. The molecule has 4 rings (SSSR count). The van der Waals surface area contributed by atoms with Crippen LogP contribution in [0.15, 0.2) is 42.6 Å². The Labute approximate surface area is 159 Å². The number of aromatic hydroxyl groups is 2. The number of hydrogen-bond donors (Lipinski definition) is 5. The lowest BCUT2D eigenvalue weighted by molar-refractivity contribution is 0.259. The first kappa shape index (κ1) is 17.4. The number of phenolic OH excluding ortho intramolecular Hbond substituents is 2. The number of anilines is 1. The van der Waals surface area contributed by atoms with Crippen LogP contribution in [0.3, 0.4) is 0 Å². The van der Waals surface area contributed by atoms with Gasteiger partial charge in [0.2, 0.25) is 5.95 Å². The normalized spacial score (nSPS) is 11.0. The van der Waals surface area contributed by atoms with Crippen LogP contribution in [0.1, 0.15) is 12.5 Å². The third kappa shape index (κ3) is 2.78. The Morgan fingerprint density at radius 1 is 1.21 bits per heavy atom. The smallest absolute Gasteiger partial charge is 0.319 e. The molecule has 4 aromatic rings. The van der Waals surface area contributed by atoms with Gasteiger partial charge in [0.05, 0.1) is 11.3 Å². The summed E-state index contributed by atoms with van der Waals surface area (Å²) in [5.74, 6) is 0.250. The van der Waals surface area contributed by atoms with Crippen LogP contribution in [0, 0.1) is 0 Å². The van der Waals surface area contributed by atoms with E-state index in [0.717, 1.165) is 10.9 Å². The van der Waals surface area contributed by atoms with E-state index in [-0.39, 0.29) is 17.4 Å². The summed E-state index contributed by atoms with van der Waals surface area (Å²) >= 11 is 0. The van der Waals surface area contributed by atoms with Crippen LogP contribution in [-0.2, 0) is 6.42 Å². The molecule has 0 spiro atoms. The minimum Gasteiger partial charge on any atom is -0.508 e. The molecule has 0 radical (unpaired) electrons. The fourth-order valence-corrected chi connectivity index (χ4v) is 3.23. The molecule has 2 aromatic heterocycles. The highest BCUT2D eigenvalue weighted by molar-refractivity contribution is 5.91. The van der Waals surface area contributed by atoms with Gasteiger partial charge in [0.15, 0.2) is 5.82 Å². The van der Waals surface area contributed by atoms with Crippen LogP contribution < -0.4 is 11.1 Å². The summed E-state index contributed by atoms with van der Waals surface area (Å²) in [6, 6.07) is 9.62. The quantitative estimate of drug-likeness (QED) is 0.371. The van der Waals surface area contributed by atoms with E-state index in [0.29, 0.717) is 29.1 Å². The largest absolute Gasteiger partial charge is 0.508 e. The first-order valence-electron chi connectivity index (χ1n) is 8.63. The van der Waals surface area contributed by atoms with Crippen LogP contribution in [0.5, 0.6) is 11.5 Å². The van der Waals surface area contributed by atoms with E-state index in [1.54, 1.807) is 16.8 Å². The van der Waals surface area contributed by atoms with E-state index in [4.69, 9.17) is 5.73 Å². The van der Waals surface area contributed by atoms with Crippen LogP contribution in [0.4, 0.5) is 10.7 Å². The Kier molecular flexibility index (Phi) is 4.11. The average Bonchev–Trinajstić information content (AvgIpc) is 3.28. The van der Waals surface area contributed by atoms with Gasteiger partial charge in [0.25, 0.3) is 0 Å². The lowest BCUT2D eigenvalue weighted by Gasteiger charge is -2.13. The number of amides is 2. The van der Waals surface area contributed by atoms with Crippen molar-refractivity contribution in [3.63, 3.8) is 0 Å². The zero-order valence-electron chi connectivity index (χ0n) is 15.0. The van der Waals surface area contributed by atoms with E-state index in [1.165, 1.54) is 6.07 Å². The fraction of sp³-hybridized carbons (Fsp3) is 0.105. The average molecular weight is 378 g/mol. The number of nitrogens with two attached hydrogens (primary N) is 1. The highest BCUT2D eigenvalue weighted by atomic mass is 16.3. The SMILES string of the molecule is CCc1cc(-c2nnc(NC(N)=O)n2-c2cccc3[nH]ccc23)c(O)cc1O. The zero-order valence-corrected chi connectivity index (χ0v) is 15.0. The number of nitrogens with one attached hydrogen (secondary N) is 2. The van der Waals surface area contributed by atoms with Crippen molar-refractivity contribution in [2.24, 2.45) is 5.73 Å². The molecule has 2 heterocycles. The molecule has 2 amide bonds. The summed E-state index contributed by atoms with van der Waals surface area (Å²) in [7, 11) is 0. The van der Waals surface area contributed by atoms with Gasteiger partial charge in [0, 0.05) is 23.2 Å². The van der Waals surface area contributed by atoms with Crippen LogP contribution in [0.2, 0.25) is 0 Å². The number of primary amides is 1. The van der Waals surface area contributed by atoms with E-state index >= 15 is 0 Å².